The molecule has 1 aliphatic heterocycles. The number of benzene rings is 1. The highest BCUT2D eigenvalue weighted by atomic mass is 127. The minimum Gasteiger partial charge on any atom is -0.346 e. The fourth-order valence-electron chi connectivity index (χ4n) is 2.56. The smallest absolute Gasteiger partial charge is 0.312 e. The molecule has 0 spiro atoms. The van der Waals surface area contributed by atoms with Gasteiger partial charge in [-0.15, -0.1) is 0 Å². The molecule has 0 bridgehead atoms. The highest BCUT2D eigenvalue weighted by Gasteiger charge is 2.29. The summed E-state index contributed by atoms with van der Waals surface area (Å²) in [5.41, 5.74) is 1.76. The van der Waals surface area contributed by atoms with Crippen molar-refractivity contribution in [3.63, 3.8) is 0 Å². The topological polar surface area (TPSA) is 69.7 Å². The summed E-state index contributed by atoms with van der Waals surface area (Å²) in [4.78, 5) is 39.8. The van der Waals surface area contributed by atoms with Gasteiger partial charge >= 0.3 is 11.8 Å². The summed E-state index contributed by atoms with van der Waals surface area (Å²) in [6, 6.07) is 5.60. The molecule has 130 valence electrons. The van der Waals surface area contributed by atoms with Crippen LogP contribution in [0.15, 0.2) is 18.2 Å². The maximum absolute atomic E-state index is 12.7. The van der Waals surface area contributed by atoms with Gasteiger partial charge in [0, 0.05) is 35.8 Å². The quantitative estimate of drug-likeness (QED) is 0.555. The number of hydrogen-bond acceptors (Lipinski definition) is 3. The third-order valence-corrected chi connectivity index (χ3v) is 5.32. The van der Waals surface area contributed by atoms with E-state index in [1.54, 1.807) is 4.90 Å². The first kappa shape index (κ1) is 18.7. The molecule has 1 aromatic carbocycles. The van der Waals surface area contributed by atoms with Crippen molar-refractivity contribution in [1.82, 2.24) is 15.1 Å². The number of carbonyl (C=O) groups excluding carboxylic acids is 3. The molecule has 3 amide bonds. The van der Waals surface area contributed by atoms with Crippen LogP contribution in [-0.4, -0.2) is 59.7 Å². The van der Waals surface area contributed by atoms with Gasteiger partial charge in [-0.1, -0.05) is 12.1 Å². The van der Waals surface area contributed by atoms with E-state index in [0.717, 1.165) is 9.13 Å². The number of nitrogens with one attached hydrogen (secondary N) is 1. The zero-order chi connectivity index (χ0) is 17.9. The molecule has 1 heterocycles. The van der Waals surface area contributed by atoms with Gasteiger partial charge in [0.05, 0.1) is 5.56 Å². The van der Waals surface area contributed by atoms with Gasteiger partial charge in [-0.3, -0.25) is 14.4 Å². The lowest BCUT2D eigenvalue weighted by Gasteiger charge is -2.34. The van der Waals surface area contributed by atoms with Crippen molar-refractivity contribution in [2.45, 2.75) is 26.8 Å². The van der Waals surface area contributed by atoms with Gasteiger partial charge in [0.15, 0.2) is 0 Å². The molecule has 1 saturated heterocycles. The van der Waals surface area contributed by atoms with Crippen molar-refractivity contribution in [3.05, 3.63) is 32.9 Å². The van der Waals surface area contributed by atoms with Crippen LogP contribution >= 0.6 is 22.6 Å². The Balaban J connectivity index is 1.97. The average molecular weight is 443 g/mol. The minimum atomic E-state index is -0.585. The summed E-state index contributed by atoms with van der Waals surface area (Å²) in [5.74, 6) is -1.14. The van der Waals surface area contributed by atoms with E-state index >= 15 is 0 Å². The van der Waals surface area contributed by atoms with Gasteiger partial charge < -0.3 is 15.1 Å². The molecule has 7 heteroatoms. The lowest BCUT2D eigenvalue weighted by atomic mass is 10.1. The minimum absolute atomic E-state index is 0.0261. The highest BCUT2D eigenvalue weighted by Crippen LogP contribution is 2.19. The van der Waals surface area contributed by atoms with Crippen LogP contribution in [0.5, 0.6) is 0 Å². The molecule has 0 aliphatic carbocycles. The van der Waals surface area contributed by atoms with E-state index in [9.17, 15) is 14.4 Å². The van der Waals surface area contributed by atoms with Crippen molar-refractivity contribution in [3.8, 4) is 0 Å². The summed E-state index contributed by atoms with van der Waals surface area (Å²) < 4.78 is 0.954. The first-order valence-electron chi connectivity index (χ1n) is 7.95. The molecule has 24 heavy (non-hydrogen) atoms. The van der Waals surface area contributed by atoms with Crippen LogP contribution in [0.2, 0.25) is 0 Å². The first-order valence-corrected chi connectivity index (χ1v) is 9.03. The van der Waals surface area contributed by atoms with Gasteiger partial charge in [-0.05, 0) is 55.0 Å². The Hall–Kier alpha value is -1.64. The molecular weight excluding hydrogens is 421 g/mol. The van der Waals surface area contributed by atoms with Crippen molar-refractivity contribution in [1.29, 1.82) is 0 Å². The second kappa shape index (κ2) is 7.96. The Morgan fingerprint density at radius 3 is 2.25 bits per heavy atom. The van der Waals surface area contributed by atoms with Crippen molar-refractivity contribution in [2.24, 2.45) is 0 Å². The zero-order valence-corrected chi connectivity index (χ0v) is 16.3. The molecular formula is C17H22IN3O3. The van der Waals surface area contributed by atoms with Gasteiger partial charge in [0.1, 0.15) is 0 Å². The Morgan fingerprint density at radius 2 is 1.67 bits per heavy atom. The first-order chi connectivity index (χ1) is 11.3. The molecule has 0 aromatic heterocycles. The number of piperazine rings is 1. The highest BCUT2D eigenvalue weighted by molar-refractivity contribution is 14.1. The van der Waals surface area contributed by atoms with E-state index in [2.05, 4.69) is 27.9 Å². The summed E-state index contributed by atoms with van der Waals surface area (Å²) in [6.45, 7) is 7.21. The number of aryl methyl sites for hydroxylation is 1. The number of halogens is 1. The van der Waals surface area contributed by atoms with E-state index in [4.69, 9.17) is 0 Å². The van der Waals surface area contributed by atoms with Crippen molar-refractivity contribution in [2.75, 3.05) is 26.2 Å². The van der Waals surface area contributed by atoms with E-state index in [1.165, 1.54) is 4.90 Å². The molecule has 2 rings (SSSR count). The average Bonchev–Trinajstić information content (AvgIpc) is 2.55. The molecule has 0 radical (unpaired) electrons. The number of amides is 3. The second-order valence-electron chi connectivity index (χ2n) is 6.15. The molecule has 1 fully saturated rings. The van der Waals surface area contributed by atoms with Gasteiger partial charge in [0.25, 0.3) is 5.91 Å². The number of rotatable bonds is 2. The van der Waals surface area contributed by atoms with Crippen LogP contribution in [0.4, 0.5) is 0 Å². The maximum atomic E-state index is 12.7. The Labute approximate surface area is 155 Å². The largest absolute Gasteiger partial charge is 0.346 e. The summed E-state index contributed by atoms with van der Waals surface area (Å²) >= 11 is 2.19. The number of carbonyl (C=O) groups is 3. The predicted octanol–water partition coefficient (Wildman–Crippen LogP) is 1.41. The van der Waals surface area contributed by atoms with E-state index in [1.807, 2.05) is 39.0 Å². The van der Waals surface area contributed by atoms with E-state index in [-0.39, 0.29) is 11.9 Å². The van der Waals surface area contributed by atoms with Crippen molar-refractivity contribution >= 4 is 40.3 Å². The maximum Gasteiger partial charge on any atom is 0.312 e. The van der Waals surface area contributed by atoms with Crippen LogP contribution in [0.1, 0.15) is 29.8 Å². The van der Waals surface area contributed by atoms with Crippen molar-refractivity contribution < 1.29 is 14.4 Å². The molecule has 1 N–H and O–H groups in total. The molecule has 1 aromatic rings. The lowest BCUT2D eigenvalue weighted by Crippen LogP contribution is -2.54. The van der Waals surface area contributed by atoms with E-state index < -0.39 is 11.8 Å². The lowest BCUT2D eigenvalue weighted by molar-refractivity contribution is -0.147. The fourth-order valence-corrected chi connectivity index (χ4v) is 3.15. The number of nitrogens with zero attached hydrogens (tertiary/aromatic N) is 2. The standard InChI is InChI=1S/C17H22IN3O3/c1-11(2)19-15(22)17(24)21-9-7-20(8-10-21)16(23)13-6-4-5-12(3)14(13)18/h4-6,11H,7-10H2,1-3H3,(H,19,22). The third kappa shape index (κ3) is 4.25. The van der Waals surface area contributed by atoms with Crippen LogP contribution in [-0.2, 0) is 9.59 Å². The van der Waals surface area contributed by atoms with Crippen LogP contribution in [0.25, 0.3) is 0 Å². The normalized spacial score (nSPS) is 14.7. The second-order valence-corrected chi connectivity index (χ2v) is 7.23. The predicted molar refractivity (Wildman–Crippen MR) is 99.7 cm³/mol. The summed E-state index contributed by atoms with van der Waals surface area (Å²) in [6.07, 6.45) is 0. The van der Waals surface area contributed by atoms with Gasteiger partial charge in [-0.2, -0.15) is 0 Å². The van der Waals surface area contributed by atoms with Crippen LogP contribution < -0.4 is 5.32 Å². The summed E-state index contributed by atoms with van der Waals surface area (Å²) in [5, 5.41) is 2.60. The Bertz CT molecular complexity index is 652. The molecule has 6 nitrogen and oxygen atoms in total. The Kier molecular flexibility index (Phi) is 6.20. The summed E-state index contributed by atoms with van der Waals surface area (Å²) in [7, 11) is 0. The van der Waals surface area contributed by atoms with Gasteiger partial charge in [-0.25, -0.2) is 0 Å². The SMILES string of the molecule is Cc1cccc(C(=O)N2CCN(C(=O)C(=O)NC(C)C)CC2)c1I. The Morgan fingerprint density at radius 1 is 1.08 bits per heavy atom. The van der Waals surface area contributed by atoms with Crippen LogP contribution in [0, 0.1) is 10.5 Å². The molecule has 0 saturated carbocycles. The molecule has 1 aliphatic rings. The fraction of sp³-hybridized carbons (Fsp3) is 0.471. The van der Waals surface area contributed by atoms with E-state index in [0.29, 0.717) is 31.7 Å². The third-order valence-electron chi connectivity index (χ3n) is 3.89. The monoisotopic (exact) mass is 443 g/mol. The van der Waals surface area contributed by atoms with Crippen LogP contribution in [0.3, 0.4) is 0 Å². The molecule has 0 unspecified atom stereocenters. The van der Waals surface area contributed by atoms with Gasteiger partial charge in [0.2, 0.25) is 0 Å². The molecule has 0 atom stereocenters. The zero-order valence-electron chi connectivity index (χ0n) is 14.1. The number of hydrogen-bond donors (Lipinski definition) is 1.